The molecule has 2 unspecified atom stereocenters. The second-order valence-electron chi connectivity index (χ2n) is 10.2. The van der Waals surface area contributed by atoms with Crippen molar-refractivity contribution in [3.05, 3.63) is 94.1 Å². The molecule has 9 nitrogen and oxygen atoms in total. The highest BCUT2D eigenvalue weighted by Gasteiger charge is 2.28. The molecule has 1 N–H and O–H groups in total. The Morgan fingerprint density at radius 1 is 1.05 bits per heavy atom. The monoisotopic (exact) mass is 522 g/mol. The van der Waals surface area contributed by atoms with Gasteiger partial charge < -0.3 is 19.5 Å². The van der Waals surface area contributed by atoms with E-state index in [1.807, 2.05) is 48.6 Å². The molecule has 1 aliphatic carbocycles. The van der Waals surface area contributed by atoms with Crippen LogP contribution in [0.3, 0.4) is 0 Å². The smallest absolute Gasteiger partial charge is 0.408 e. The molecule has 1 aliphatic rings. The van der Waals surface area contributed by atoms with E-state index in [-0.39, 0.29) is 42.9 Å². The van der Waals surface area contributed by atoms with Crippen LogP contribution in [-0.4, -0.2) is 35.2 Å². The van der Waals surface area contributed by atoms with Gasteiger partial charge in [-0.05, 0) is 43.9 Å². The number of carbonyl (C=O) groups is 2. The van der Waals surface area contributed by atoms with Crippen molar-refractivity contribution >= 4 is 17.7 Å². The van der Waals surface area contributed by atoms with Crippen molar-refractivity contribution in [1.29, 1.82) is 0 Å². The molecule has 202 valence electrons. The average molecular weight is 523 g/mol. The van der Waals surface area contributed by atoms with Crippen molar-refractivity contribution in [3.8, 4) is 5.75 Å². The Labute approximate surface area is 222 Å². The lowest BCUT2D eigenvalue weighted by molar-refractivity contribution is -0.386. The minimum absolute atomic E-state index is 0.0162. The van der Waals surface area contributed by atoms with Crippen molar-refractivity contribution in [1.82, 2.24) is 5.32 Å². The number of alkyl carbamates (subject to hydrolysis) is 1. The van der Waals surface area contributed by atoms with Crippen LogP contribution in [0.5, 0.6) is 5.75 Å². The Kier molecular flexibility index (Phi) is 9.65. The first-order chi connectivity index (χ1) is 18.0. The Morgan fingerprint density at radius 2 is 1.76 bits per heavy atom. The van der Waals surface area contributed by atoms with E-state index in [0.717, 1.165) is 5.56 Å². The van der Waals surface area contributed by atoms with Gasteiger partial charge in [0.25, 0.3) is 0 Å². The predicted octanol–water partition coefficient (Wildman–Crippen LogP) is 5.53. The highest BCUT2D eigenvalue weighted by atomic mass is 16.6. The van der Waals surface area contributed by atoms with Crippen LogP contribution < -0.4 is 10.1 Å². The van der Waals surface area contributed by atoms with Crippen LogP contribution >= 0.6 is 0 Å². The van der Waals surface area contributed by atoms with Gasteiger partial charge in [0, 0.05) is 18.4 Å². The van der Waals surface area contributed by atoms with E-state index in [2.05, 4.69) is 18.3 Å². The van der Waals surface area contributed by atoms with E-state index in [9.17, 15) is 19.7 Å². The number of benzene rings is 2. The zero-order chi connectivity index (χ0) is 27.7. The van der Waals surface area contributed by atoms with Crippen LogP contribution in [0.4, 0.5) is 10.5 Å². The number of nitrogens with zero attached hydrogens (tertiary/aromatic N) is 1. The van der Waals surface area contributed by atoms with Crippen molar-refractivity contribution < 1.29 is 28.7 Å². The van der Waals surface area contributed by atoms with E-state index in [1.54, 1.807) is 26.8 Å². The summed E-state index contributed by atoms with van der Waals surface area (Å²) in [5.41, 5.74) is 0.239. The highest BCUT2D eigenvalue weighted by molar-refractivity contribution is 5.82. The largest absolute Gasteiger partial charge is 0.486 e. The SMILES string of the molecule is CC1C=CC=CC1COc1ccc(C[C@H](NC(=O)OC(C)(C)C)C(=O)OCc2ccccc2)cc1[N+](=O)[O-]. The molecule has 0 saturated carbocycles. The quantitative estimate of drug-likeness (QED) is 0.248. The second-order valence-corrected chi connectivity index (χ2v) is 10.2. The van der Waals surface area contributed by atoms with E-state index in [1.165, 1.54) is 12.1 Å². The zero-order valence-electron chi connectivity index (χ0n) is 22.1. The predicted molar refractivity (Wildman–Crippen MR) is 143 cm³/mol. The molecule has 1 amide bonds. The molecule has 9 heteroatoms. The number of nitro benzene ring substituents is 1. The topological polar surface area (TPSA) is 117 Å². The molecule has 0 spiro atoms. The molecular formula is C29H34N2O7. The number of amides is 1. The fraction of sp³-hybridized carbons (Fsp3) is 0.379. The number of carbonyl (C=O) groups excluding carboxylic acids is 2. The number of allylic oxidation sites excluding steroid dienone is 3. The van der Waals surface area contributed by atoms with Crippen LogP contribution in [0.15, 0.2) is 72.8 Å². The van der Waals surface area contributed by atoms with Crippen LogP contribution in [0.2, 0.25) is 0 Å². The zero-order valence-corrected chi connectivity index (χ0v) is 22.1. The van der Waals surface area contributed by atoms with E-state index < -0.39 is 28.6 Å². The van der Waals surface area contributed by atoms with Crippen molar-refractivity contribution in [3.63, 3.8) is 0 Å². The molecule has 38 heavy (non-hydrogen) atoms. The Hall–Kier alpha value is -4.14. The van der Waals surface area contributed by atoms with Gasteiger partial charge in [0.2, 0.25) is 0 Å². The summed E-state index contributed by atoms with van der Waals surface area (Å²) < 4.78 is 16.5. The average Bonchev–Trinajstić information content (AvgIpc) is 2.86. The van der Waals surface area contributed by atoms with Crippen molar-refractivity contribution in [2.75, 3.05) is 6.61 Å². The molecule has 2 aromatic carbocycles. The third-order valence-electron chi connectivity index (χ3n) is 5.85. The van der Waals surface area contributed by atoms with Crippen LogP contribution in [0, 0.1) is 22.0 Å². The molecule has 0 saturated heterocycles. The molecule has 0 bridgehead atoms. The summed E-state index contributed by atoms with van der Waals surface area (Å²) in [6.45, 7) is 7.48. The molecule has 0 aliphatic heterocycles. The normalized spacial score (nSPS) is 17.4. The summed E-state index contributed by atoms with van der Waals surface area (Å²) in [7, 11) is 0. The number of hydrogen-bond acceptors (Lipinski definition) is 7. The molecule has 2 aromatic rings. The first-order valence-corrected chi connectivity index (χ1v) is 12.5. The van der Waals surface area contributed by atoms with Gasteiger partial charge in [-0.1, -0.05) is 67.6 Å². The van der Waals surface area contributed by atoms with Crippen molar-refractivity contribution in [2.24, 2.45) is 11.8 Å². The fourth-order valence-corrected chi connectivity index (χ4v) is 3.82. The van der Waals surface area contributed by atoms with Gasteiger partial charge in [0.1, 0.15) is 18.2 Å². The lowest BCUT2D eigenvalue weighted by Crippen LogP contribution is -2.45. The number of esters is 1. The van der Waals surface area contributed by atoms with Crippen molar-refractivity contribution in [2.45, 2.75) is 52.4 Å². The molecule has 0 radical (unpaired) electrons. The van der Waals surface area contributed by atoms with Gasteiger partial charge in [-0.25, -0.2) is 9.59 Å². The van der Waals surface area contributed by atoms with Gasteiger partial charge in [0.15, 0.2) is 5.75 Å². The van der Waals surface area contributed by atoms with Crippen LogP contribution in [-0.2, 0) is 27.3 Å². The molecule has 0 aromatic heterocycles. The van der Waals surface area contributed by atoms with E-state index >= 15 is 0 Å². The van der Waals surface area contributed by atoms with Gasteiger partial charge in [-0.3, -0.25) is 10.1 Å². The Balaban J connectivity index is 1.75. The van der Waals surface area contributed by atoms with Gasteiger partial charge in [-0.2, -0.15) is 0 Å². The van der Waals surface area contributed by atoms with Gasteiger partial charge in [-0.15, -0.1) is 0 Å². The molecular weight excluding hydrogens is 488 g/mol. The fourth-order valence-electron chi connectivity index (χ4n) is 3.82. The minimum atomic E-state index is -1.13. The number of rotatable bonds is 10. The lowest BCUT2D eigenvalue weighted by atomic mass is 9.91. The summed E-state index contributed by atoms with van der Waals surface area (Å²) in [5.74, 6) is -0.202. The Morgan fingerprint density at radius 3 is 2.42 bits per heavy atom. The molecule has 0 fully saturated rings. The first-order valence-electron chi connectivity index (χ1n) is 12.5. The summed E-state index contributed by atoms with van der Waals surface area (Å²) in [6.07, 6.45) is 7.13. The summed E-state index contributed by atoms with van der Waals surface area (Å²) in [4.78, 5) is 36.7. The van der Waals surface area contributed by atoms with Gasteiger partial charge in [0.05, 0.1) is 11.5 Å². The maximum absolute atomic E-state index is 13.0. The maximum atomic E-state index is 13.0. The maximum Gasteiger partial charge on any atom is 0.408 e. The second kappa shape index (κ2) is 12.9. The molecule has 3 rings (SSSR count). The van der Waals surface area contributed by atoms with Gasteiger partial charge >= 0.3 is 17.7 Å². The van der Waals surface area contributed by atoms with Crippen LogP contribution in [0.25, 0.3) is 0 Å². The highest BCUT2D eigenvalue weighted by Crippen LogP contribution is 2.30. The van der Waals surface area contributed by atoms with Crippen LogP contribution in [0.1, 0.15) is 38.8 Å². The molecule has 0 heterocycles. The number of ether oxygens (including phenoxy) is 3. The Bertz CT molecular complexity index is 1190. The first kappa shape index (κ1) is 28.4. The summed E-state index contributed by atoms with van der Waals surface area (Å²) >= 11 is 0. The minimum Gasteiger partial charge on any atom is -0.486 e. The number of nitrogens with one attached hydrogen (secondary N) is 1. The van der Waals surface area contributed by atoms with E-state index in [4.69, 9.17) is 14.2 Å². The third kappa shape index (κ3) is 8.76. The summed E-state index contributed by atoms with van der Waals surface area (Å²) in [5, 5.41) is 14.4. The number of nitro groups is 1. The third-order valence-corrected chi connectivity index (χ3v) is 5.85. The molecule has 3 atom stereocenters. The summed E-state index contributed by atoms with van der Waals surface area (Å²) in [6, 6.07) is 12.5. The van der Waals surface area contributed by atoms with E-state index in [0.29, 0.717) is 5.56 Å². The lowest BCUT2D eigenvalue weighted by Gasteiger charge is -2.23. The standard InChI is InChI=1S/C29H34N2O7/c1-20-10-8-9-13-23(20)19-36-26-15-14-22(17-25(26)31(34)35)16-24(30-28(33)38-29(2,3)4)27(32)37-18-21-11-6-5-7-12-21/h5-15,17,20,23-24H,16,18-19H2,1-4H3,(H,30,33)/t20?,23?,24-/m0/s1. The number of hydrogen-bond donors (Lipinski definition) is 1.